The number of carbonyl (C=O) groups is 1. The number of nitrogens with one attached hydrogen (secondary N) is 1. The number of nitrogens with zero attached hydrogens (tertiary/aromatic N) is 2. The SMILES string of the molecule is COc1cccc(/C=C/C(=O)NC2(c3noc(C)n3)CCCC2)c1. The maximum Gasteiger partial charge on any atom is 0.244 e. The Bertz CT molecular complexity index is 745. The average Bonchev–Trinajstić information content (AvgIpc) is 3.23. The first-order chi connectivity index (χ1) is 11.6. The van der Waals surface area contributed by atoms with E-state index in [4.69, 9.17) is 9.26 Å². The van der Waals surface area contributed by atoms with Crippen LogP contribution in [-0.2, 0) is 10.3 Å². The van der Waals surface area contributed by atoms with E-state index in [2.05, 4.69) is 15.5 Å². The van der Waals surface area contributed by atoms with Crippen LogP contribution in [0.1, 0.15) is 43.0 Å². The number of hydrogen-bond donors (Lipinski definition) is 1. The van der Waals surface area contributed by atoms with E-state index in [0.29, 0.717) is 11.7 Å². The van der Waals surface area contributed by atoms with E-state index < -0.39 is 5.54 Å². The molecular weight excluding hydrogens is 306 g/mol. The van der Waals surface area contributed by atoms with Crippen molar-refractivity contribution in [1.29, 1.82) is 0 Å². The van der Waals surface area contributed by atoms with Gasteiger partial charge in [0.1, 0.15) is 11.3 Å². The Morgan fingerprint density at radius 1 is 1.38 bits per heavy atom. The number of rotatable bonds is 5. The summed E-state index contributed by atoms with van der Waals surface area (Å²) in [5.41, 5.74) is 0.383. The molecule has 1 aromatic carbocycles. The highest BCUT2D eigenvalue weighted by Gasteiger charge is 2.40. The number of amides is 1. The fraction of sp³-hybridized carbons (Fsp3) is 0.389. The van der Waals surface area contributed by atoms with Crippen LogP contribution >= 0.6 is 0 Å². The number of carbonyl (C=O) groups excluding carboxylic acids is 1. The third-order valence-corrected chi connectivity index (χ3v) is 4.30. The molecule has 0 atom stereocenters. The molecule has 1 aliphatic carbocycles. The van der Waals surface area contributed by atoms with Gasteiger partial charge in [-0.2, -0.15) is 4.98 Å². The molecule has 126 valence electrons. The molecule has 0 spiro atoms. The second-order valence-electron chi connectivity index (χ2n) is 6.03. The lowest BCUT2D eigenvalue weighted by molar-refractivity contribution is -0.118. The molecule has 3 rings (SSSR count). The molecule has 0 aliphatic heterocycles. The Hall–Kier alpha value is -2.63. The Labute approximate surface area is 140 Å². The van der Waals surface area contributed by atoms with Gasteiger partial charge in [0.25, 0.3) is 0 Å². The van der Waals surface area contributed by atoms with Crippen molar-refractivity contribution in [3.8, 4) is 5.75 Å². The summed E-state index contributed by atoms with van der Waals surface area (Å²) < 4.78 is 10.3. The topological polar surface area (TPSA) is 77.2 Å². The monoisotopic (exact) mass is 327 g/mol. The Kier molecular flexibility index (Phi) is 4.64. The lowest BCUT2D eigenvalue weighted by atomic mass is 9.96. The highest BCUT2D eigenvalue weighted by Crippen LogP contribution is 2.37. The zero-order chi connectivity index (χ0) is 17.0. The predicted octanol–water partition coefficient (Wildman–Crippen LogP) is 2.99. The van der Waals surface area contributed by atoms with Crippen LogP contribution in [0, 0.1) is 6.92 Å². The van der Waals surface area contributed by atoms with Gasteiger partial charge in [0.2, 0.25) is 11.8 Å². The minimum atomic E-state index is -0.520. The van der Waals surface area contributed by atoms with Crippen molar-refractivity contribution in [2.45, 2.75) is 38.1 Å². The summed E-state index contributed by atoms with van der Waals surface area (Å²) in [6.45, 7) is 1.75. The van der Waals surface area contributed by atoms with Crippen LogP contribution in [0.2, 0.25) is 0 Å². The number of ether oxygens (including phenoxy) is 1. The van der Waals surface area contributed by atoms with Gasteiger partial charge in [-0.25, -0.2) is 0 Å². The van der Waals surface area contributed by atoms with Crippen LogP contribution in [0.4, 0.5) is 0 Å². The summed E-state index contributed by atoms with van der Waals surface area (Å²) >= 11 is 0. The van der Waals surface area contributed by atoms with Gasteiger partial charge in [-0.3, -0.25) is 4.79 Å². The first kappa shape index (κ1) is 16.2. The third kappa shape index (κ3) is 3.48. The van der Waals surface area contributed by atoms with Crippen molar-refractivity contribution >= 4 is 12.0 Å². The Morgan fingerprint density at radius 2 is 2.17 bits per heavy atom. The van der Waals surface area contributed by atoms with Crippen molar-refractivity contribution in [3.05, 3.63) is 47.6 Å². The Balaban J connectivity index is 1.73. The summed E-state index contributed by atoms with van der Waals surface area (Å²) in [5.74, 6) is 1.67. The van der Waals surface area contributed by atoms with E-state index in [1.165, 1.54) is 6.08 Å². The number of benzene rings is 1. The summed E-state index contributed by atoms with van der Waals surface area (Å²) in [7, 11) is 1.62. The molecule has 24 heavy (non-hydrogen) atoms. The smallest absolute Gasteiger partial charge is 0.244 e. The molecule has 0 bridgehead atoms. The number of methoxy groups -OCH3 is 1. The molecule has 0 unspecified atom stereocenters. The number of aromatic nitrogens is 2. The normalized spacial score (nSPS) is 16.4. The van der Waals surface area contributed by atoms with Crippen molar-refractivity contribution in [3.63, 3.8) is 0 Å². The molecule has 0 radical (unpaired) electrons. The lowest BCUT2D eigenvalue weighted by Crippen LogP contribution is -2.44. The number of aryl methyl sites for hydroxylation is 1. The molecular formula is C18H21N3O3. The van der Waals surface area contributed by atoms with E-state index in [-0.39, 0.29) is 5.91 Å². The zero-order valence-electron chi connectivity index (χ0n) is 13.9. The maximum absolute atomic E-state index is 12.4. The molecule has 1 aromatic heterocycles. The maximum atomic E-state index is 12.4. The van der Waals surface area contributed by atoms with E-state index >= 15 is 0 Å². The fourth-order valence-electron chi connectivity index (χ4n) is 3.07. The van der Waals surface area contributed by atoms with Gasteiger partial charge in [0.15, 0.2) is 5.82 Å². The van der Waals surface area contributed by atoms with Crippen molar-refractivity contribution in [1.82, 2.24) is 15.5 Å². The molecule has 1 saturated carbocycles. The van der Waals surface area contributed by atoms with Crippen molar-refractivity contribution in [2.75, 3.05) is 7.11 Å². The quantitative estimate of drug-likeness (QED) is 0.854. The molecule has 1 fully saturated rings. The van der Waals surface area contributed by atoms with Gasteiger partial charge in [0.05, 0.1) is 7.11 Å². The minimum Gasteiger partial charge on any atom is -0.497 e. The van der Waals surface area contributed by atoms with Crippen LogP contribution in [0.25, 0.3) is 6.08 Å². The van der Waals surface area contributed by atoms with Crippen molar-refractivity contribution in [2.24, 2.45) is 0 Å². The van der Waals surface area contributed by atoms with Crippen LogP contribution < -0.4 is 10.1 Å². The molecule has 2 aromatic rings. The van der Waals surface area contributed by atoms with Gasteiger partial charge in [-0.15, -0.1) is 0 Å². The highest BCUT2D eigenvalue weighted by molar-refractivity contribution is 5.92. The second kappa shape index (κ2) is 6.86. The first-order valence-electron chi connectivity index (χ1n) is 8.06. The van der Waals surface area contributed by atoms with Gasteiger partial charge < -0.3 is 14.6 Å². The van der Waals surface area contributed by atoms with E-state index in [1.807, 2.05) is 24.3 Å². The summed E-state index contributed by atoms with van der Waals surface area (Å²) in [6, 6.07) is 7.54. The van der Waals surface area contributed by atoms with E-state index in [9.17, 15) is 4.79 Å². The largest absolute Gasteiger partial charge is 0.497 e. The second-order valence-corrected chi connectivity index (χ2v) is 6.03. The van der Waals surface area contributed by atoms with Crippen molar-refractivity contribution < 1.29 is 14.1 Å². The Morgan fingerprint density at radius 3 is 2.83 bits per heavy atom. The summed E-state index contributed by atoms with van der Waals surface area (Å²) in [6.07, 6.45) is 7.01. The average molecular weight is 327 g/mol. The predicted molar refractivity (Wildman–Crippen MR) is 89.4 cm³/mol. The van der Waals surface area contributed by atoms with Gasteiger partial charge in [-0.1, -0.05) is 30.1 Å². The van der Waals surface area contributed by atoms with E-state index in [1.54, 1.807) is 20.1 Å². The highest BCUT2D eigenvalue weighted by atomic mass is 16.5. The van der Waals surface area contributed by atoms with Crippen LogP contribution in [0.15, 0.2) is 34.9 Å². The molecule has 6 nitrogen and oxygen atoms in total. The molecule has 1 aliphatic rings. The van der Waals surface area contributed by atoms with Crippen LogP contribution in [0.5, 0.6) is 5.75 Å². The molecule has 6 heteroatoms. The molecule has 1 N–H and O–H groups in total. The lowest BCUT2D eigenvalue weighted by Gasteiger charge is -2.25. The van der Waals surface area contributed by atoms with Crippen LogP contribution in [0.3, 0.4) is 0 Å². The van der Waals surface area contributed by atoms with Gasteiger partial charge >= 0.3 is 0 Å². The molecule has 1 heterocycles. The molecule has 1 amide bonds. The third-order valence-electron chi connectivity index (χ3n) is 4.30. The zero-order valence-corrected chi connectivity index (χ0v) is 13.9. The van der Waals surface area contributed by atoms with E-state index in [0.717, 1.165) is 37.0 Å². The number of hydrogen-bond acceptors (Lipinski definition) is 5. The standard InChI is InChI=1S/C18H21N3O3/c1-13-19-17(21-24-13)18(10-3-4-11-18)20-16(22)9-8-14-6-5-7-15(12-14)23-2/h5-9,12H,3-4,10-11H2,1-2H3,(H,20,22)/b9-8+. The first-order valence-corrected chi connectivity index (χ1v) is 8.06. The van der Waals surface area contributed by atoms with Gasteiger partial charge in [0, 0.05) is 13.0 Å². The molecule has 0 saturated heterocycles. The van der Waals surface area contributed by atoms with Gasteiger partial charge in [-0.05, 0) is 36.6 Å². The summed E-state index contributed by atoms with van der Waals surface area (Å²) in [5, 5.41) is 7.10. The minimum absolute atomic E-state index is 0.165. The fourth-order valence-corrected chi connectivity index (χ4v) is 3.07. The summed E-state index contributed by atoms with van der Waals surface area (Å²) in [4.78, 5) is 16.7. The van der Waals surface area contributed by atoms with Crippen LogP contribution in [-0.4, -0.2) is 23.2 Å².